The first-order valence-corrected chi connectivity index (χ1v) is 14.4. The second-order valence-electron chi connectivity index (χ2n) is 10.4. The van der Waals surface area contributed by atoms with E-state index in [9.17, 15) is 27.6 Å². The van der Waals surface area contributed by atoms with Gasteiger partial charge in [-0.1, -0.05) is 84.9 Å². The molecule has 0 bridgehead atoms. The fraction of sp³-hybridized carbons (Fsp3) is 0.250. The Hall–Kier alpha value is -5.93. The fourth-order valence-electron chi connectivity index (χ4n) is 4.36. The molecule has 0 aromatic heterocycles. The van der Waals surface area contributed by atoms with E-state index in [-0.39, 0.29) is 24.1 Å². The molecule has 0 radical (unpaired) electrons. The summed E-state index contributed by atoms with van der Waals surface area (Å²) in [7, 11) is 0. The summed E-state index contributed by atoms with van der Waals surface area (Å²) in [6.07, 6.45) is -4.10. The zero-order valence-corrected chi connectivity index (χ0v) is 25.6. The fourth-order valence-corrected chi connectivity index (χ4v) is 4.36. The van der Waals surface area contributed by atoms with Gasteiger partial charge in [0.15, 0.2) is 5.96 Å². The molecule has 0 aliphatic carbocycles. The van der Waals surface area contributed by atoms with Gasteiger partial charge in [-0.3, -0.25) is 25.2 Å². The van der Waals surface area contributed by atoms with Crippen molar-refractivity contribution in [2.24, 2.45) is 17.2 Å². The van der Waals surface area contributed by atoms with Crippen LogP contribution >= 0.6 is 0 Å². The topological polar surface area (TPSA) is 250 Å². The van der Waals surface area contributed by atoms with Crippen molar-refractivity contribution in [1.29, 1.82) is 10.8 Å². The highest BCUT2D eigenvalue weighted by Gasteiger charge is 2.38. The van der Waals surface area contributed by atoms with Crippen LogP contribution in [0.15, 0.2) is 84.9 Å². The average Bonchev–Trinajstić information content (AvgIpc) is 3.04. The Morgan fingerprint density at radius 2 is 1.29 bits per heavy atom. The van der Waals surface area contributed by atoms with Gasteiger partial charge in [-0.15, -0.1) is 0 Å². The van der Waals surface area contributed by atoms with Crippen LogP contribution in [0, 0.1) is 10.8 Å². The molecule has 0 aliphatic heterocycles. The Morgan fingerprint density at radius 3 is 1.75 bits per heavy atom. The van der Waals surface area contributed by atoms with Gasteiger partial charge in [0.2, 0.25) is 17.7 Å². The summed E-state index contributed by atoms with van der Waals surface area (Å²) in [4.78, 5) is 48.4. The second-order valence-corrected chi connectivity index (χ2v) is 10.4. The lowest BCUT2D eigenvalue weighted by Crippen LogP contribution is -2.50. The number of primary amides is 1. The monoisotopic (exact) mass is 670 g/mol. The number of amidine groups is 1. The van der Waals surface area contributed by atoms with Gasteiger partial charge in [-0.2, -0.15) is 13.2 Å². The number of nitrogens with one attached hydrogen (secondary N) is 5. The number of hydrogen-bond acceptors (Lipinski definition) is 6. The van der Waals surface area contributed by atoms with Gasteiger partial charge < -0.3 is 38.3 Å². The number of carbonyl (C=O) groups is 4. The Morgan fingerprint density at radius 1 is 0.771 bits per heavy atom. The van der Waals surface area contributed by atoms with Gasteiger partial charge >= 0.3 is 12.1 Å². The number of nitrogen functional groups attached to an aromatic ring is 1. The molecule has 12 N–H and O–H groups in total. The van der Waals surface area contributed by atoms with E-state index in [1.54, 1.807) is 42.5 Å². The minimum Gasteiger partial charge on any atom is -0.475 e. The van der Waals surface area contributed by atoms with E-state index in [0.717, 1.165) is 11.1 Å². The molecular weight excluding hydrogens is 633 g/mol. The molecule has 3 amide bonds. The summed E-state index contributed by atoms with van der Waals surface area (Å²) in [5.41, 5.74) is 19.2. The highest BCUT2D eigenvalue weighted by atomic mass is 19.4. The number of aliphatic carboxylic acids is 1. The molecule has 0 fully saturated rings. The van der Waals surface area contributed by atoms with Gasteiger partial charge in [0.1, 0.15) is 17.9 Å². The molecule has 0 aliphatic rings. The van der Waals surface area contributed by atoms with E-state index >= 15 is 0 Å². The van der Waals surface area contributed by atoms with E-state index in [2.05, 4.69) is 16.0 Å². The number of alkyl halides is 3. The average molecular weight is 671 g/mol. The number of hydrogen-bond donors (Lipinski definition) is 9. The van der Waals surface area contributed by atoms with Gasteiger partial charge in [0.05, 0.1) is 5.92 Å². The zero-order valence-electron chi connectivity index (χ0n) is 25.6. The predicted octanol–water partition coefficient (Wildman–Crippen LogP) is 2.02. The number of halogens is 3. The van der Waals surface area contributed by atoms with E-state index < -0.39 is 42.0 Å². The Labute approximate surface area is 274 Å². The predicted molar refractivity (Wildman–Crippen MR) is 172 cm³/mol. The highest BCUT2D eigenvalue weighted by molar-refractivity contribution is 5.95. The van der Waals surface area contributed by atoms with Crippen LogP contribution in [0.2, 0.25) is 0 Å². The van der Waals surface area contributed by atoms with Crippen molar-refractivity contribution in [1.82, 2.24) is 16.0 Å². The van der Waals surface area contributed by atoms with Crippen LogP contribution < -0.4 is 33.2 Å². The van der Waals surface area contributed by atoms with Gasteiger partial charge in [0.25, 0.3) is 0 Å². The minimum absolute atomic E-state index is 0.0463. The molecule has 0 saturated carbocycles. The lowest BCUT2D eigenvalue weighted by Gasteiger charge is -2.25. The third-order valence-electron chi connectivity index (χ3n) is 6.79. The third kappa shape index (κ3) is 12.8. The van der Waals surface area contributed by atoms with Crippen LogP contribution in [0.25, 0.3) is 0 Å². The zero-order chi connectivity index (χ0) is 35.9. The third-order valence-corrected chi connectivity index (χ3v) is 6.79. The molecule has 48 heavy (non-hydrogen) atoms. The largest absolute Gasteiger partial charge is 0.490 e. The van der Waals surface area contributed by atoms with Crippen LogP contribution in [-0.2, 0) is 25.6 Å². The lowest BCUT2D eigenvalue weighted by molar-refractivity contribution is -0.192. The molecule has 13 nitrogen and oxygen atoms in total. The summed E-state index contributed by atoms with van der Waals surface area (Å²) in [6, 6.07) is 23.0. The molecule has 3 aromatic carbocycles. The van der Waals surface area contributed by atoms with Crippen molar-refractivity contribution in [3.63, 3.8) is 0 Å². The van der Waals surface area contributed by atoms with Crippen molar-refractivity contribution in [2.75, 3.05) is 6.54 Å². The van der Waals surface area contributed by atoms with Gasteiger partial charge in [-0.25, -0.2) is 4.79 Å². The van der Waals surface area contributed by atoms with E-state index in [0.29, 0.717) is 30.5 Å². The number of benzene rings is 3. The molecule has 0 saturated heterocycles. The molecule has 0 heterocycles. The molecule has 0 spiro atoms. The van der Waals surface area contributed by atoms with Crippen LogP contribution in [0.3, 0.4) is 0 Å². The number of guanidine groups is 1. The number of carbonyl (C=O) groups excluding carboxylic acids is 3. The summed E-state index contributed by atoms with van der Waals surface area (Å²) >= 11 is 0. The molecular formula is C32H37F3N8O5. The Kier molecular flexibility index (Phi) is 14.6. The maximum Gasteiger partial charge on any atom is 0.490 e. The maximum absolute atomic E-state index is 13.8. The Balaban J connectivity index is 0.00000103. The summed E-state index contributed by atoms with van der Waals surface area (Å²) in [5.74, 6) is -5.30. The number of rotatable bonds is 14. The lowest BCUT2D eigenvalue weighted by atomic mass is 9.90. The second kappa shape index (κ2) is 18.3. The van der Waals surface area contributed by atoms with Gasteiger partial charge in [0, 0.05) is 12.1 Å². The van der Waals surface area contributed by atoms with Crippen LogP contribution in [0.1, 0.15) is 47.1 Å². The van der Waals surface area contributed by atoms with Crippen molar-refractivity contribution < 1.29 is 37.5 Å². The van der Waals surface area contributed by atoms with Crippen molar-refractivity contribution in [2.45, 2.75) is 43.4 Å². The standard InChI is InChI=1S/C30H36N8O3.C2HF3O2/c31-26(32)22-15-13-19(14-16-22)18-23(20-8-3-1-4-9-20)28(40)38-25(21-10-5-2-6-11-21)29(41)37-24(27(33)39)12-7-17-36-30(34)35;3-2(4,5)1(6)7/h1-6,8-11,13-16,23-25H,7,12,17-18H2,(H3,31,32)(H2,33,39)(H,37,41)(H,38,40)(H4,34,35,36);(H,6,7)/t23-,24+,25+;/m1./s1. The van der Waals surface area contributed by atoms with E-state index in [1.807, 2.05) is 42.5 Å². The minimum atomic E-state index is -5.08. The number of carboxylic acids is 1. The normalized spacial score (nSPS) is 12.6. The molecule has 0 unspecified atom stereocenters. The van der Waals surface area contributed by atoms with Crippen LogP contribution in [0.4, 0.5) is 13.2 Å². The van der Waals surface area contributed by atoms with E-state index in [1.165, 1.54) is 0 Å². The SMILES string of the molecule is N=C(N)NCCC[C@H](NC(=O)[C@@H](NC(=O)[C@H](Cc1ccc(C(=N)N)cc1)c1ccccc1)c1ccccc1)C(N)=O.O=C(O)C(F)(F)F. The number of amides is 3. The molecule has 3 rings (SSSR count). The molecule has 256 valence electrons. The molecule has 3 atom stereocenters. The number of nitrogens with two attached hydrogens (primary N) is 3. The smallest absolute Gasteiger partial charge is 0.475 e. The van der Waals surface area contributed by atoms with E-state index in [4.69, 9.17) is 37.9 Å². The molecule has 16 heteroatoms. The Bertz CT molecular complexity index is 1560. The molecule has 3 aromatic rings. The highest BCUT2D eigenvalue weighted by Crippen LogP contribution is 2.24. The maximum atomic E-state index is 13.8. The van der Waals surface area contributed by atoms with Crippen LogP contribution in [-0.4, -0.2) is 59.4 Å². The van der Waals surface area contributed by atoms with Crippen molar-refractivity contribution in [3.8, 4) is 0 Å². The van der Waals surface area contributed by atoms with Crippen molar-refractivity contribution in [3.05, 3.63) is 107 Å². The quantitative estimate of drug-likeness (QED) is 0.0695. The van der Waals surface area contributed by atoms with Crippen LogP contribution in [0.5, 0.6) is 0 Å². The summed E-state index contributed by atoms with van der Waals surface area (Å²) in [6.45, 7) is 0.333. The van der Waals surface area contributed by atoms with Gasteiger partial charge in [-0.05, 0) is 36.0 Å². The first-order valence-electron chi connectivity index (χ1n) is 14.4. The first-order chi connectivity index (χ1) is 22.6. The van der Waals surface area contributed by atoms with Crippen molar-refractivity contribution >= 4 is 35.5 Å². The first kappa shape index (κ1) is 38.3. The number of carboxylic acid groups (broad SMARTS) is 1. The summed E-state index contributed by atoms with van der Waals surface area (Å²) in [5, 5.41) is 30.2. The summed E-state index contributed by atoms with van der Waals surface area (Å²) < 4.78 is 31.7.